The van der Waals surface area contributed by atoms with E-state index in [1.807, 2.05) is 61.6 Å². The lowest BCUT2D eigenvalue weighted by Gasteiger charge is -2.24. The third-order valence-electron chi connectivity index (χ3n) is 6.55. The minimum absolute atomic E-state index is 0.268. The molecule has 38 heavy (non-hydrogen) atoms. The maximum atomic E-state index is 12.9. The highest BCUT2D eigenvalue weighted by molar-refractivity contribution is 5.88. The van der Waals surface area contributed by atoms with Gasteiger partial charge in [-0.1, -0.05) is 68.5 Å². The van der Waals surface area contributed by atoms with Crippen molar-refractivity contribution in [1.29, 1.82) is 0 Å². The summed E-state index contributed by atoms with van der Waals surface area (Å²) in [5, 5.41) is 9.96. The van der Waals surface area contributed by atoms with Gasteiger partial charge in [0.1, 0.15) is 5.58 Å². The van der Waals surface area contributed by atoms with E-state index in [4.69, 9.17) is 9.52 Å². The van der Waals surface area contributed by atoms with Crippen molar-refractivity contribution in [3.8, 4) is 0 Å². The smallest absolute Gasteiger partial charge is 0.343 e. The summed E-state index contributed by atoms with van der Waals surface area (Å²) in [4.78, 5) is 26.2. The van der Waals surface area contributed by atoms with Gasteiger partial charge in [-0.3, -0.25) is 0 Å². The first-order valence-corrected chi connectivity index (χ1v) is 13.0. The number of carboxylic acid groups (broad SMARTS) is 1. The largest absolute Gasteiger partial charge is 0.478 e. The van der Waals surface area contributed by atoms with Crippen molar-refractivity contribution in [3.63, 3.8) is 0 Å². The number of fused-ring (bicyclic) bond motifs is 1. The minimum Gasteiger partial charge on any atom is -0.478 e. The normalized spacial score (nSPS) is 11.6. The molecule has 0 amide bonds. The van der Waals surface area contributed by atoms with Crippen molar-refractivity contribution >= 4 is 46.9 Å². The lowest BCUT2D eigenvalue weighted by atomic mass is 10.0. The number of hydrogen-bond acceptors (Lipinski definition) is 4. The zero-order valence-corrected chi connectivity index (χ0v) is 22.1. The second-order valence-electron chi connectivity index (χ2n) is 9.36. The van der Waals surface area contributed by atoms with Crippen LogP contribution in [0.3, 0.4) is 0 Å². The van der Waals surface area contributed by atoms with Gasteiger partial charge in [-0.15, -0.1) is 0 Å². The molecule has 0 radical (unpaired) electrons. The monoisotopic (exact) mass is 507 g/mol. The number of nitrogens with zero attached hydrogens (tertiary/aromatic N) is 1. The van der Waals surface area contributed by atoms with E-state index in [9.17, 15) is 9.59 Å². The van der Waals surface area contributed by atoms with Crippen LogP contribution in [0.15, 0.2) is 75.9 Å². The van der Waals surface area contributed by atoms with Crippen molar-refractivity contribution in [1.82, 2.24) is 0 Å². The number of hydrogen-bond donors (Lipinski definition) is 1. The van der Waals surface area contributed by atoms with Crippen LogP contribution >= 0.6 is 0 Å². The number of aryl methyl sites for hydroxylation is 1. The van der Waals surface area contributed by atoms with Crippen LogP contribution in [0, 0.1) is 6.92 Å². The summed E-state index contributed by atoms with van der Waals surface area (Å²) in [5.74, 6) is -0.934. The second kappa shape index (κ2) is 12.2. The summed E-state index contributed by atoms with van der Waals surface area (Å²) in [6.45, 7) is 8.24. The third-order valence-corrected chi connectivity index (χ3v) is 6.55. The topological polar surface area (TPSA) is 70.8 Å². The molecular weight excluding hydrogens is 474 g/mol. The number of benzene rings is 3. The van der Waals surface area contributed by atoms with E-state index in [2.05, 4.69) is 30.9 Å². The van der Waals surface area contributed by atoms with Crippen molar-refractivity contribution in [2.75, 3.05) is 18.0 Å². The molecule has 0 bridgehead atoms. The van der Waals surface area contributed by atoms with Gasteiger partial charge in [0.05, 0.1) is 11.1 Å². The fourth-order valence-electron chi connectivity index (χ4n) is 4.48. The minimum atomic E-state index is -0.934. The summed E-state index contributed by atoms with van der Waals surface area (Å²) in [5.41, 5.74) is 6.00. The summed E-state index contributed by atoms with van der Waals surface area (Å²) < 4.78 is 5.75. The van der Waals surface area contributed by atoms with Gasteiger partial charge in [0.25, 0.3) is 0 Å². The maximum Gasteiger partial charge on any atom is 0.343 e. The van der Waals surface area contributed by atoms with Crippen LogP contribution in [0.4, 0.5) is 5.69 Å². The Bertz CT molecular complexity index is 1520. The average Bonchev–Trinajstić information content (AvgIpc) is 2.92. The number of carboxylic acids is 1. The van der Waals surface area contributed by atoms with Gasteiger partial charge in [0, 0.05) is 30.2 Å². The highest BCUT2D eigenvalue weighted by atomic mass is 16.4. The molecule has 0 aliphatic carbocycles. The molecule has 0 unspecified atom stereocenters. The second-order valence-corrected chi connectivity index (χ2v) is 9.36. The Balaban J connectivity index is 1.51. The van der Waals surface area contributed by atoms with E-state index in [1.165, 1.54) is 0 Å². The molecular formula is C33H33NO4. The Morgan fingerprint density at radius 2 is 1.34 bits per heavy atom. The lowest BCUT2D eigenvalue weighted by molar-refractivity contribution is 0.0697. The van der Waals surface area contributed by atoms with E-state index >= 15 is 0 Å². The van der Waals surface area contributed by atoms with E-state index in [1.54, 1.807) is 24.3 Å². The SMILES string of the molecule is CCCN(CCC)c1ccc2c(C)c(/C=C/c3ccc(/C=C/c4ccc(C(=O)O)cc4)cc3)c(=O)oc2c1. The Kier molecular flexibility index (Phi) is 8.59. The van der Waals surface area contributed by atoms with Gasteiger partial charge in [-0.2, -0.15) is 0 Å². The molecule has 5 nitrogen and oxygen atoms in total. The predicted molar refractivity (Wildman–Crippen MR) is 158 cm³/mol. The summed E-state index contributed by atoms with van der Waals surface area (Å²) >= 11 is 0. The molecule has 0 fully saturated rings. The molecule has 0 spiro atoms. The summed E-state index contributed by atoms with van der Waals surface area (Å²) in [6.07, 6.45) is 9.78. The quantitative estimate of drug-likeness (QED) is 0.175. The number of rotatable bonds is 10. The Labute approximate surface area is 223 Å². The van der Waals surface area contributed by atoms with Crippen LogP contribution < -0.4 is 10.5 Å². The molecule has 1 N–H and O–H groups in total. The molecule has 0 atom stereocenters. The van der Waals surface area contributed by atoms with Gasteiger partial charge in [-0.05, 0) is 72.4 Å². The third kappa shape index (κ3) is 6.30. The predicted octanol–water partition coefficient (Wildman–Crippen LogP) is 7.77. The average molecular weight is 508 g/mol. The molecule has 1 aromatic heterocycles. The zero-order valence-electron chi connectivity index (χ0n) is 22.1. The molecule has 3 aromatic carbocycles. The Morgan fingerprint density at radius 1 is 0.816 bits per heavy atom. The van der Waals surface area contributed by atoms with Crippen molar-refractivity contribution in [2.45, 2.75) is 33.6 Å². The standard InChI is InChI=1S/C33H33NO4/c1-4-20-34(21-5-2)28-17-19-29-23(3)30(33(37)38-31(29)22-28)18-14-25-9-6-24(7-10-25)8-11-26-12-15-27(16-13-26)32(35)36/h6-19,22H,4-5,20-21H2,1-3H3,(H,35,36)/b11-8+,18-14+. The van der Waals surface area contributed by atoms with E-state index in [0.717, 1.165) is 59.3 Å². The van der Waals surface area contributed by atoms with Crippen molar-refractivity contribution in [3.05, 3.63) is 111 Å². The lowest BCUT2D eigenvalue weighted by Crippen LogP contribution is -2.24. The zero-order chi connectivity index (χ0) is 27.1. The molecule has 0 aliphatic heterocycles. The molecule has 0 aliphatic rings. The van der Waals surface area contributed by atoms with Crippen LogP contribution in [0.25, 0.3) is 35.3 Å². The Hall–Kier alpha value is -4.38. The fraction of sp³-hybridized carbons (Fsp3) is 0.212. The van der Waals surface area contributed by atoms with Gasteiger partial charge in [-0.25, -0.2) is 9.59 Å². The first kappa shape index (κ1) is 26.7. The molecule has 0 saturated heterocycles. The number of aromatic carboxylic acids is 1. The number of carbonyl (C=O) groups is 1. The molecule has 0 saturated carbocycles. The fourth-order valence-corrected chi connectivity index (χ4v) is 4.48. The molecule has 4 rings (SSSR count). The molecule has 194 valence electrons. The number of anilines is 1. The highest BCUT2D eigenvalue weighted by Gasteiger charge is 2.12. The van der Waals surface area contributed by atoms with Crippen molar-refractivity contribution in [2.24, 2.45) is 0 Å². The molecule has 4 aromatic rings. The van der Waals surface area contributed by atoms with E-state index in [0.29, 0.717) is 11.1 Å². The molecule has 5 heteroatoms. The Morgan fingerprint density at radius 3 is 1.87 bits per heavy atom. The van der Waals surface area contributed by atoms with Crippen LogP contribution in [-0.2, 0) is 0 Å². The maximum absolute atomic E-state index is 12.9. The van der Waals surface area contributed by atoms with Gasteiger partial charge in [0.15, 0.2) is 0 Å². The van der Waals surface area contributed by atoms with Crippen LogP contribution in [0.2, 0.25) is 0 Å². The highest BCUT2D eigenvalue weighted by Crippen LogP contribution is 2.26. The van der Waals surface area contributed by atoms with E-state index in [-0.39, 0.29) is 11.2 Å². The van der Waals surface area contributed by atoms with Crippen LogP contribution in [0.1, 0.15) is 64.9 Å². The van der Waals surface area contributed by atoms with E-state index < -0.39 is 5.97 Å². The van der Waals surface area contributed by atoms with Crippen LogP contribution in [-0.4, -0.2) is 24.2 Å². The van der Waals surface area contributed by atoms with Gasteiger partial charge in [0.2, 0.25) is 0 Å². The first-order chi connectivity index (χ1) is 18.4. The first-order valence-electron chi connectivity index (χ1n) is 13.0. The summed E-state index contributed by atoms with van der Waals surface area (Å²) in [6, 6.07) is 20.9. The summed E-state index contributed by atoms with van der Waals surface area (Å²) in [7, 11) is 0. The van der Waals surface area contributed by atoms with Crippen LogP contribution in [0.5, 0.6) is 0 Å². The molecule has 1 heterocycles. The van der Waals surface area contributed by atoms with Gasteiger partial charge >= 0.3 is 11.6 Å². The van der Waals surface area contributed by atoms with Crippen molar-refractivity contribution < 1.29 is 14.3 Å². The van der Waals surface area contributed by atoms with Gasteiger partial charge < -0.3 is 14.4 Å².